The van der Waals surface area contributed by atoms with Crippen molar-refractivity contribution in [2.75, 3.05) is 4.90 Å². The molecular weight excluding hydrogens is 667 g/mol. The number of rotatable bonds is 6. The van der Waals surface area contributed by atoms with Crippen molar-refractivity contribution in [2.45, 2.75) is 19.3 Å². The molecule has 0 amide bonds. The molecule has 10 rings (SSSR count). The molecule has 1 aliphatic heterocycles. The van der Waals surface area contributed by atoms with Gasteiger partial charge >= 0.3 is 0 Å². The van der Waals surface area contributed by atoms with Gasteiger partial charge < -0.3 is 14.4 Å². The van der Waals surface area contributed by atoms with E-state index in [4.69, 9.17) is 9.47 Å². The predicted octanol–water partition coefficient (Wildman–Crippen LogP) is 14.4. The molecule has 0 saturated carbocycles. The van der Waals surface area contributed by atoms with Crippen LogP contribution < -0.4 is 14.4 Å². The summed E-state index contributed by atoms with van der Waals surface area (Å²) >= 11 is 1.70. The quantitative estimate of drug-likeness (QED) is 0.172. The van der Waals surface area contributed by atoms with Crippen LogP contribution in [0, 0.1) is 0 Å². The second-order valence-electron chi connectivity index (χ2n) is 14.1. The van der Waals surface area contributed by atoms with E-state index >= 15 is 0 Å². The van der Waals surface area contributed by atoms with Gasteiger partial charge in [-0.1, -0.05) is 141 Å². The van der Waals surface area contributed by atoms with E-state index in [0.717, 1.165) is 60.9 Å². The number of para-hydroxylation sites is 2. The van der Waals surface area contributed by atoms with Crippen LogP contribution in [0.1, 0.15) is 25.0 Å². The maximum Gasteiger partial charge on any atom is 0.189 e. The van der Waals surface area contributed by atoms with E-state index in [1.165, 1.54) is 33.4 Å². The summed E-state index contributed by atoms with van der Waals surface area (Å²) in [6.45, 7) is 4.68. The Morgan fingerprint density at radius 1 is 0.415 bits per heavy atom. The average Bonchev–Trinajstić information content (AvgIpc) is 3.70. The van der Waals surface area contributed by atoms with Crippen molar-refractivity contribution in [2.24, 2.45) is 0 Å². The van der Waals surface area contributed by atoms with Crippen molar-refractivity contribution in [3.63, 3.8) is 0 Å². The van der Waals surface area contributed by atoms with Gasteiger partial charge in [0.25, 0.3) is 0 Å². The lowest BCUT2D eigenvalue weighted by atomic mass is 9.82. The van der Waals surface area contributed by atoms with Crippen LogP contribution in [0.3, 0.4) is 0 Å². The lowest BCUT2D eigenvalue weighted by Crippen LogP contribution is -2.16. The van der Waals surface area contributed by atoms with Gasteiger partial charge in [0.1, 0.15) is 0 Å². The molecule has 7 aromatic carbocycles. The Morgan fingerprint density at radius 2 is 0.868 bits per heavy atom. The largest absolute Gasteiger partial charge is 0.448 e. The Balaban J connectivity index is 1.08. The van der Waals surface area contributed by atoms with E-state index in [1.54, 1.807) is 11.3 Å². The Labute approximate surface area is 314 Å². The smallest absolute Gasteiger partial charge is 0.189 e. The third-order valence-electron chi connectivity index (χ3n) is 10.6. The fourth-order valence-electron chi connectivity index (χ4n) is 7.87. The standard InChI is InChI=1S/C49H35NO2S/c1-49(2)41-18-10-9-17-39(41)40-30-29-38(31-42(40)49)50(36-25-21-33(22-26-36)32-13-5-3-6-14-32)37-27-23-35(24-28-37)48-46-45(47(53-48)34-15-7-4-8-16-34)51-43-19-11-12-20-44(43)52-46/h3-31H,1-2H3. The molecule has 8 aromatic rings. The van der Waals surface area contributed by atoms with Crippen LogP contribution in [0.25, 0.3) is 43.1 Å². The molecule has 0 spiro atoms. The van der Waals surface area contributed by atoms with Gasteiger partial charge in [0.15, 0.2) is 23.0 Å². The SMILES string of the molecule is CC1(C)c2ccccc2-c2ccc(N(c3ccc(-c4ccccc4)cc3)c3ccc(-c4sc(-c5ccccc5)c5c4Oc4ccccc4O5)cc3)cc21. The molecule has 53 heavy (non-hydrogen) atoms. The number of fused-ring (bicyclic) bond motifs is 5. The maximum absolute atomic E-state index is 6.59. The van der Waals surface area contributed by atoms with Gasteiger partial charge in [0.05, 0.1) is 9.75 Å². The van der Waals surface area contributed by atoms with Crippen molar-refractivity contribution < 1.29 is 9.47 Å². The van der Waals surface area contributed by atoms with E-state index in [9.17, 15) is 0 Å². The van der Waals surface area contributed by atoms with E-state index in [0.29, 0.717) is 0 Å². The molecule has 2 aliphatic rings. The fourth-order valence-corrected chi connectivity index (χ4v) is 9.03. The van der Waals surface area contributed by atoms with E-state index in [2.05, 4.69) is 164 Å². The molecule has 0 atom stereocenters. The number of ether oxygens (including phenoxy) is 2. The predicted molar refractivity (Wildman–Crippen MR) is 219 cm³/mol. The Kier molecular flexibility index (Phi) is 7.34. The van der Waals surface area contributed by atoms with Gasteiger partial charge in [0, 0.05) is 22.5 Å². The number of hydrogen-bond donors (Lipinski definition) is 0. The fraction of sp³-hybridized carbons (Fsp3) is 0.0612. The van der Waals surface area contributed by atoms with Crippen LogP contribution in [0.5, 0.6) is 23.0 Å². The molecule has 254 valence electrons. The monoisotopic (exact) mass is 701 g/mol. The summed E-state index contributed by atoms with van der Waals surface area (Å²) in [6, 6.07) is 62.4. The van der Waals surface area contributed by atoms with Gasteiger partial charge in [-0.3, -0.25) is 0 Å². The van der Waals surface area contributed by atoms with Gasteiger partial charge in [-0.25, -0.2) is 0 Å². The van der Waals surface area contributed by atoms with Crippen LogP contribution in [-0.4, -0.2) is 0 Å². The van der Waals surface area contributed by atoms with Crippen LogP contribution in [-0.2, 0) is 5.41 Å². The maximum atomic E-state index is 6.59. The van der Waals surface area contributed by atoms with Gasteiger partial charge in [-0.05, 0) is 93.0 Å². The van der Waals surface area contributed by atoms with Crippen molar-refractivity contribution in [1.29, 1.82) is 0 Å². The molecule has 0 unspecified atom stereocenters. The molecule has 0 N–H and O–H groups in total. The zero-order chi connectivity index (χ0) is 35.5. The minimum atomic E-state index is -0.107. The van der Waals surface area contributed by atoms with E-state index in [-0.39, 0.29) is 5.41 Å². The molecule has 0 radical (unpaired) electrons. The molecule has 1 aromatic heterocycles. The van der Waals surface area contributed by atoms with E-state index < -0.39 is 0 Å². The van der Waals surface area contributed by atoms with Crippen LogP contribution >= 0.6 is 11.3 Å². The van der Waals surface area contributed by atoms with E-state index in [1.807, 2.05) is 30.3 Å². The average molecular weight is 702 g/mol. The number of benzene rings is 7. The summed E-state index contributed by atoms with van der Waals surface area (Å²) in [5.74, 6) is 2.98. The first-order chi connectivity index (χ1) is 26.0. The lowest BCUT2D eigenvalue weighted by Gasteiger charge is -2.28. The van der Waals surface area contributed by atoms with Gasteiger partial charge in [-0.2, -0.15) is 0 Å². The zero-order valence-corrected chi connectivity index (χ0v) is 30.2. The van der Waals surface area contributed by atoms with Gasteiger partial charge in [0.2, 0.25) is 0 Å². The lowest BCUT2D eigenvalue weighted by molar-refractivity contribution is 0.364. The number of hydrogen-bond acceptors (Lipinski definition) is 4. The topological polar surface area (TPSA) is 21.7 Å². The molecule has 0 saturated heterocycles. The zero-order valence-electron chi connectivity index (χ0n) is 29.4. The second kappa shape index (κ2) is 12.4. The molecular formula is C49H35NO2S. The highest BCUT2D eigenvalue weighted by atomic mass is 32.1. The number of anilines is 3. The first kappa shape index (κ1) is 31.4. The molecule has 1 aliphatic carbocycles. The highest BCUT2D eigenvalue weighted by Crippen LogP contribution is 2.59. The first-order valence-electron chi connectivity index (χ1n) is 18.0. The van der Waals surface area contributed by atoms with Gasteiger partial charge in [-0.15, -0.1) is 11.3 Å². The third kappa shape index (κ3) is 5.25. The van der Waals surface area contributed by atoms with Crippen LogP contribution in [0.15, 0.2) is 176 Å². The highest BCUT2D eigenvalue weighted by molar-refractivity contribution is 7.19. The highest BCUT2D eigenvalue weighted by Gasteiger charge is 2.36. The minimum Gasteiger partial charge on any atom is -0.448 e. The summed E-state index contributed by atoms with van der Waals surface area (Å²) in [6.07, 6.45) is 0. The van der Waals surface area contributed by atoms with Crippen molar-refractivity contribution in [3.8, 4) is 66.1 Å². The number of thiophene rings is 1. The summed E-state index contributed by atoms with van der Waals surface area (Å²) in [5.41, 5.74) is 13.1. The molecule has 2 heterocycles. The molecule has 0 fully saturated rings. The van der Waals surface area contributed by atoms with Crippen molar-refractivity contribution in [3.05, 3.63) is 187 Å². The summed E-state index contributed by atoms with van der Waals surface area (Å²) < 4.78 is 13.1. The minimum absolute atomic E-state index is 0.107. The summed E-state index contributed by atoms with van der Waals surface area (Å²) in [7, 11) is 0. The Hall–Kier alpha value is -6.36. The summed E-state index contributed by atoms with van der Waals surface area (Å²) in [4.78, 5) is 4.46. The van der Waals surface area contributed by atoms with Crippen molar-refractivity contribution >= 4 is 28.4 Å². The Bertz CT molecular complexity index is 2620. The normalized spacial score (nSPS) is 13.2. The van der Waals surface area contributed by atoms with Crippen molar-refractivity contribution in [1.82, 2.24) is 0 Å². The summed E-state index contributed by atoms with van der Waals surface area (Å²) in [5, 5.41) is 0. The molecule has 0 bridgehead atoms. The number of nitrogens with zero attached hydrogens (tertiary/aromatic N) is 1. The van der Waals surface area contributed by atoms with Crippen LogP contribution in [0.4, 0.5) is 17.1 Å². The molecule has 3 nitrogen and oxygen atoms in total. The second-order valence-corrected chi connectivity index (χ2v) is 15.2. The Morgan fingerprint density at radius 3 is 1.49 bits per heavy atom. The third-order valence-corrected chi connectivity index (χ3v) is 11.8. The molecule has 4 heteroatoms. The van der Waals surface area contributed by atoms with Crippen LogP contribution in [0.2, 0.25) is 0 Å². The first-order valence-corrected chi connectivity index (χ1v) is 18.8.